The van der Waals surface area contributed by atoms with Gasteiger partial charge < -0.3 is 5.73 Å². The third-order valence-electron chi connectivity index (χ3n) is 2.99. The molecule has 0 fully saturated rings. The van der Waals surface area contributed by atoms with E-state index >= 15 is 0 Å². The van der Waals surface area contributed by atoms with Crippen molar-refractivity contribution in [3.05, 3.63) is 53.9 Å². The van der Waals surface area contributed by atoms with Gasteiger partial charge in [-0.15, -0.1) is 15.3 Å². The number of benzene rings is 1. The van der Waals surface area contributed by atoms with E-state index in [4.69, 9.17) is 5.73 Å². The molecule has 2 aromatic heterocycles. The number of fused-ring (bicyclic) bond motifs is 1. The number of hydrazone groups is 1. The van der Waals surface area contributed by atoms with Gasteiger partial charge in [-0.05, 0) is 36.8 Å². The molecule has 1 amide bonds. The van der Waals surface area contributed by atoms with Gasteiger partial charge >= 0.3 is 0 Å². The number of amides is 1. The van der Waals surface area contributed by atoms with E-state index in [0.717, 1.165) is 15.8 Å². The molecule has 1 aromatic carbocycles. The molecule has 0 radical (unpaired) electrons. The Hall–Kier alpha value is -3.20. The lowest BCUT2D eigenvalue weighted by molar-refractivity contribution is 0.0954. The van der Waals surface area contributed by atoms with Gasteiger partial charge in [0.1, 0.15) is 0 Å². The number of pyridine rings is 1. The third kappa shape index (κ3) is 3.76. The van der Waals surface area contributed by atoms with Crippen molar-refractivity contribution >= 4 is 38.6 Å². The second kappa shape index (κ2) is 6.92. The topological polar surface area (TPSA) is 118 Å². The predicted molar refractivity (Wildman–Crippen MR) is 92.2 cm³/mol. The molecule has 0 aliphatic rings. The summed E-state index contributed by atoms with van der Waals surface area (Å²) in [5.74, 6) is -0.584. The highest BCUT2D eigenvalue weighted by atomic mass is 32.1. The molecule has 0 spiro atoms. The van der Waals surface area contributed by atoms with Crippen molar-refractivity contribution in [2.24, 2.45) is 21.1 Å². The maximum absolute atomic E-state index is 11.8. The average Bonchev–Trinajstić information content (AvgIpc) is 3.00. The van der Waals surface area contributed by atoms with Crippen LogP contribution in [0.3, 0.4) is 0 Å². The van der Waals surface area contributed by atoms with Crippen molar-refractivity contribution in [3.63, 3.8) is 0 Å². The maximum Gasteiger partial charge on any atom is 0.271 e. The second-order valence-electron chi connectivity index (χ2n) is 4.81. The van der Waals surface area contributed by atoms with Crippen LogP contribution in [0.1, 0.15) is 15.9 Å². The molecule has 0 bridgehead atoms. The standard InChI is InChI=1S/C15H13N7OS/c1-9-2-3-11-12(8-9)24-15(18-11)22-21-14(16)20-19-13(23)10-4-6-17-7-5-10/h2-8H,1H3,(H2,16,20)(H,19,23). The third-order valence-corrected chi connectivity index (χ3v) is 3.89. The zero-order chi connectivity index (χ0) is 16.9. The molecule has 3 rings (SSSR count). The van der Waals surface area contributed by atoms with Gasteiger partial charge in [-0.3, -0.25) is 9.78 Å². The molecule has 2 heterocycles. The molecular weight excluding hydrogens is 326 g/mol. The fraction of sp³-hybridized carbons (Fsp3) is 0.0667. The quantitative estimate of drug-likeness (QED) is 0.330. The number of nitrogens with zero attached hydrogens (tertiary/aromatic N) is 5. The van der Waals surface area contributed by atoms with Crippen LogP contribution in [-0.4, -0.2) is 21.8 Å². The zero-order valence-electron chi connectivity index (χ0n) is 12.7. The molecule has 24 heavy (non-hydrogen) atoms. The number of guanidine groups is 1. The van der Waals surface area contributed by atoms with E-state index in [1.165, 1.54) is 23.7 Å². The Kier molecular flexibility index (Phi) is 4.52. The van der Waals surface area contributed by atoms with E-state index in [0.29, 0.717) is 10.7 Å². The summed E-state index contributed by atoms with van der Waals surface area (Å²) in [6, 6.07) is 9.05. The second-order valence-corrected chi connectivity index (χ2v) is 5.82. The number of hydrogen-bond donors (Lipinski definition) is 2. The minimum absolute atomic E-state index is 0.173. The number of nitrogens with one attached hydrogen (secondary N) is 1. The summed E-state index contributed by atoms with van der Waals surface area (Å²) in [6.45, 7) is 2.01. The lowest BCUT2D eigenvalue weighted by Gasteiger charge is -1.98. The number of nitrogens with two attached hydrogens (primary N) is 1. The predicted octanol–water partition coefficient (Wildman–Crippen LogP) is 2.74. The number of carbonyl (C=O) groups is 1. The van der Waals surface area contributed by atoms with Gasteiger partial charge in [-0.25, -0.2) is 10.4 Å². The summed E-state index contributed by atoms with van der Waals surface area (Å²) < 4.78 is 1.02. The first-order valence-electron chi connectivity index (χ1n) is 6.94. The highest BCUT2D eigenvalue weighted by molar-refractivity contribution is 7.21. The molecular formula is C15H13N7OS. The number of aromatic nitrogens is 2. The Bertz CT molecular complexity index is 933. The Morgan fingerprint density at radius 1 is 1.25 bits per heavy atom. The van der Waals surface area contributed by atoms with Crippen LogP contribution >= 0.6 is 11.3 Å². The molecule has 9 heteroatoms. The van der Waals surface area contributed by atoms with Crippen LogP contribution in [0.2, 0.25) is 0 Å². The minimum Gasteiger partial charge on any atom is -0.365 e. The van der Waals surface area contributed by atoms with E-state index in [9.17, 15) is 4.79 Å². The molecule has 0 atom stereocenters. The van der Waals surface area contributed by atoms with Crippen LogP contribution < -0.4 is 11.2 Å². The van der Waals surface area contributed by atoms with Gasteiger partial charge in [0.2, 0.25) is 5.13 Å². The first-order valence-corrected chi connectivity index (χ1v) is 7.76. The van der Waals surface area contributed by atoms with Gasteiger partial charge in [0.25, 0.3) is 11.9 Å². The number of azo groups is 1. The number of rotatable bonds is 3. The molecule has 120 valence electrons. The largest absolute Gasteiger partial charge is 0.365 e. The van der Waals surface area contributed by atoms with E-state index in [2.05, 4.69) is 30.7 Å². The summed E-state index contributed by atoms with van der Waals surface area (Å²) in [5, 5.41) is 11.8. The fourth-order valence-corrected chi connectivity index (χ4v) is 2.74. The molecule has 0 aliphatic carbocycles. The van der Waals surface area contributed by atoms with E-state index in [-0.39, 0.29) is 5.96 Å². The van der Waals surface area contributed by atoms with Crippen molar-refractivity contribution in [2.45, 2.75) is 6.92 Å². The summed E-state index contributed by atoms with van der Waals surface area (Å²) in [7, 11) is 0. The number of aryl methyl sites for hydroxylation is 1. The lowest BCUT2D eigenvalue weighted by atomic mass is 10.2. The number of carbonyl (C=O) groups excluding carboxylic acids is 1. The van der Waals surface area contributed by atoms with Crippen LogP contribution in [0.25, 0.3) is 10.2 Å². The molecule has 0 saturated heterocycles. The Morgan fingerprint density at radius 2 is 2.04 bits per heavy atom. The normalized spacial score (nSPS) is 12.0. The van der Waals surface area contributed by atoms with E-state index in [1.807, 2.05) is 25.1 Å². The number of hydrogen-bond acceptors (Lipinski definition) is 6. The lowest BCUT2D eigenvalue weighted by Crippen LogP contribution is -2.22. The van der Waals surface area contributed by atoms with Crippen LogP contribution in [0, 0.1) is 6.92 Å². The smallest absolute Gasteiger partial charge is 0.271 e. The number of thiazole rings is 1. The van der Waals surface area contributed by atoms with Crippen molar-refractivity contribution in [2.75, 3.05) is 0 Å². The van der Waals surface area contributed by atoms with Gasteiger partial charge in [0.15, 0.2) is 0 Å². The molecule has 8 nitrogen and oxygen atoms in total. The van der Waals surface area contributed by atoms with Crippen molar-refractivity contribution in [1.29, 1.82) is 0 Å². The Morgan fingerprint density at radius 3 is 2.83 bits per heavy atom. The first kappa shape index (κ1) is 15.7. The van der Waals surface area contributed by atoms with Gasteiger partial charge in [-0.2, -0.15) is 0 Å². The van der Waals surface area contributed by atoms with Gasteiger partial charge in [0.05, 0.1) is 10.2 Å². The molecule has 0 unspecified atom stereocenters. The Labute approximate surface area is 141 Å². The average molecular weight is 339 g/mol. The molecule has 0 saturated carbocycles. The van der Waals surface area contributed by atoms with Crippen LogP contribution in [0.15, 0.2) is 58.1 Å². The van der Waals surface area contributed by atoms with Gasteiger partial charge in [-0.1, -0.05) is 17.4 Å². The zero-order valence-corrected chi connectivity index (χ0v) is 13.5. The minimum atomic E-state index is -0.411. The van der Waals surface area contributed by atoms with Crippen molar-refractivity contribution in [1.82, 2.24) is 15.4 Å². The summed E-state index contributed by atoms with van der Waals surface area (Å²) >= 11 is 1.40. The molecule has 3 N–H and O–H groups in total. The fourth-order valence-electron chi connectivity index (χ4n) is 1.85. The first-order chi connectivity index (χ1) is 11.6. The van der Waals surface area contributed by atoms with E-state index in [1.54, 1.807) is 12.1 Å². The molecule has 0 aliphatic heterocycles. The summed E-state index contributed by atoms with van der Waals surface area (Å²) in [5.41, 5.74) is 10.3. The van der Waals surface area contributed by atoms with Crippen LogP contribution in [0.4, 0.5) is 5.13 Å². The van der Waals surface area contributed by atoms with Crippen LogP contribution in [-0.2, 0) is 0 Å². The molecule has 3 aromatic rings. The summed E-state index contributed by atoms with van der Waals surface area (Å²) in [4.78, 5) is 19.9. The highest BCUT2D eigenvalue weighted by Crippen LogP contribution is 2.28. The monoisotopic (exact) mass is 339 g/mol. The summed E-state index contributed by atoms with van der Waals surface area (Å²) in [6.07, 6.45) is 3.02. The highest BCUT2D eigenvalue weighted by Gasteiger charge is 2.04. The van der Waals surface area contributed by atoms with E-state index < -0.39 is 5.91 Å². The Balaban J connectivity index is 1.67. The van der Waals surface area contributed by atoms with Crippen molar-refractivity contribution in [3.8, 4) is 0 Å². The maximum atomic E-state index is 11.8. The van der Waals surface area contributed by atoms with Gasteiger partial charge in [0, 0.05) is 18.0 Å². The SMILES string of the molecule is Cc1ccc2nc(N=N/C(N)=N\NC(=O)c3ccncc3)sc2c1. The van der Waals surface area contributed by atoms with Crippen LogP contribution in [0.5, 0.6) is 0 Å². The van der Waals surface area contributed by atoms with Crippen molar-refractivity contribution < 1.29 is 4.79 Å².